The molecular formula is C22H20BrClN2O3S. The zero-order chi connectivity index (χ0) is 21.6. The number of carbonyl (C=O) groups excluding carboxylic acids is 1. The lowest BCUT2D eigenvalue weighted by atomic mass is 10.2. The highest BCUT2D eigenvalue weighted by molar-refractivity contribution is 9.10. The van der Waals surface area contributed by atoms with Crippen LogP contribution >= 0.6 is 27.5 Å². The molecule has 0 aliphatic heterocycles. The van der Waals surface area contributed by atoms with Gasteiger partial charge in [-0.3, -0.25) is 4.79 Å². The average Bonchev–Trinajstić information content (AvgIpc) is 2.74. The quantitative estimate of drug-likeness (QED) is 0.484. The van der Waals surface area contributed by atoms with Crippen LogP contribution in [-0.4, -0.2) is 25.2 Å². The second-order valence-corrected chi connectivity index (χ2v) is 9.91. The maximum absolute atomic E-state index is 13.2. The van der Waals surface area contributed by atoms with Crippen LogP contribution in [0.3, 0.4) is 0 Å². The van der Waals surface area contributed by atoms with E-state index in [2.05, 4.69) is 21.2 Å². The average molecular weight is 508 g/mol. The molecule has 3 aromatic carbocycles. The van der Waals surface area contributed by atoms with Gasteiger partial charge in [0.2, 0.25) is 15.9 Å². The van der Waals surface area contributed by atoms with Crippen molar-refractivity contribution >= 4 is 43.5 Å². The van der Waals surface area contributed by atoms with Crippen molar-refractivity contribution in [3.05, 3.63) is 99.5 Å². The molecule has 156 valence electrons. The topological polar surface area (TPSA) is 66.5 Å². The van der Waals surface area contributed by atoms with Gasteiger partial charge in [-0.25, -0.2) is 8.42 Å². The summed E-state index contributed by atoms with van der Waals surface area (Å²) in [7, 11) is -3.87. The van der Waals surface area contributed by atoms with Gasteiger partial charge in [-0.05, 0) is 47.5 Å². The molecule has 0 bridgehead atoms. The number of benzene rings is 3. The molecule has 30 heavy (non-hydrogen) atoms. The van der Waals surface area contributed by atoms with Crippen LogP contribution in [0.25, 0.3) is 0 Å². The van der Waals surface area contributed by atoms with Gasteiger partial charge in [-0.1, -0.05) is 70.0 Å². The molecule has 0 saturated carbocycles. The molecular weight excluding hydrogens is 488 g/mol. The Balaban J connectivity index is 1.77. The van der Waals surface area contributed by atoms with Crippen LogP contribution < -0.4 is 5.32 Å². The lowest BCUT2D eigenvalue weighted by molar-refractivity contribution is -0.121. The summed E-state index contributed by atoms with van der Waals surface area (Å²) in [6.45, 7) is 0.0853. The third kappa shape index (κ3) is 6.15. The van der Waals surface area contributed by atoms with Crippen molar-refractivity contribution in [3.63, 3.8) is 0 Å². The van der Waals surface area contributed by atoms with Gasteiger partial charge >= 0.3 is 0 Å². The van der Waals surface area contributed by atoms with E-state index in [0.29, 0.717) is 5.02 Å². The summed E-state index contributed by atoms with van der Waals surface area (Å²) in [4.78, 5) is 12.7. The second-order valence-electron chi connectivity index (χ2n) is 6.62. The number of nitrogens with one attached hydrogen (secondary N) is 1. The first-order valence-electron chi connectivity index (χ1n) is 9.15. The number of sulfonamides is 1. The van der Waals surface area contributed by atoms with Crippen LogP contribution in [0.5, 0.6) is 0 Å². The summed E-state index contributed by atoms with van der Waals surface area (Å²) in [6, 6.07) is 22.6. The van der Waals surface area contributed by atoms with Crippen molar-refractivity contribution in [1.82, 2.24) is 9.62 Å². The van der Waals surface area contributed by atoms with E-state index in [1.165, 1.54) is 16.4 Å². The van der Waals surface area contributed by atoms with Crippen LogP contribution in [0, 0.1) is 0 Å². The fraction of sp³-hybridized carbons (Fsp3) is 0.136. The second kappa shape index (κ2) is 10.2. The lowest BCUT2D eigenvalue weighted by Gasteiger charge is -2.22. The predicted molar refractivity (Wildman–Crippen MR) is 121 cm³/mol. The lowest BCUT2D eigenvalue weighted by Crippen LogP contribution is -2.40. The number of carbonyl (C=O) groups is 1. The van der Waals surface area contributed by atoms with Crippen LogP contribution in [0.15, 0.2) is 88.2 Å². The summed E-state index contributed by atoms with van der Waals surface area (Å²) >= 11 is 9.18. The summed E-state index contributed by atoms with van der Waals surface area (Å²) in [5.41, 5.74) is 1.67. The van der Waals surface area contributed by atoms with Crippen molar-refractivity contribution in [3.8, 4) is 0 Å². The smallest absolute Gasteiger partial charge is 0.243 e. The molecule has 8 heteroatoms. The monoisotopic (exact) mass is 506 g/mol. The molecule has 5 nitrogen and oxygen atoms in total. The van der Waals surface area contributed by atoms with Crippen LogP contribution in [0.2, 0.25) is 5.02 Å². The van der Waals surface area contributed by atoms with Gasteiger partial charge in [0.25, 0.3) is 0 Å². The van der Waals surface area contributed by atoms with E-state index in [4.69, 9.17) is 11.6 Å². The van der Waals surface area contributed by atoms with Crippen molar-refractivity contribution in [1.29, 1.82) is 0 Å². The summed E-state index contributed by atoms with van der Waals surface area (Å²) in [5, 5.41) is 3.38. The van der Waals surface area contributed by atoms with Crippen molar-refractivity contribution in [2.45, 2.75) is 18.0 Å². The van der Waals surface area contributed by atoms with E-state index < -0.39 is 10.0 Å². The Bertz CT molecular complexity index is 1090. The molecule has 3 aromatic rings. The zero-order valence-corrected chi connectivity index (χ0v) is 19.1. The number of nitrogens with zero attached hydrogens (tertiary/aromatic N) is 1. The number of hydrogen-bond donors (Lipinski definition) is 1. The third-order valence-electron chi connectivity index (χ3n) is 4.38. The summed E-state index contributed by atoms with van der Waals surface area (Å²) in [5.74, 6) is -0.387. The summed E-state index contributed by atoms with van der Waals surface area (Å²) < 4.78 is 28.4. The summed E-state index contributed by atoms with van der Waals surface area (Å²) in [6.07, 6.45) is 0. The third-order valence-corrected chi connectivity index (χ3v) is 6.96. The van der Waals surface area contributed by atoms with Gasteiger partial charge in [0.05, 0.1) is 11.4 Å². The molecule has 0 heterocycles. The van der Waals surface area contributed by atoms with Gasteiger partial charge < -0.3 is 5.32 Å². The van der Waals surface area contributed by atoms with Crippen molar-refractivity contribution in [2.75, 3.05) is 6.54 Å². The number of hydrogen-bond acceptors (Lipinski definition) is 3. The molecule has 0 fully saturated rings. The van der Waals surface area contributed by atoms with Gasteiger partial charge in [-0.15, -0.1) is 0 Å². The van der Waals surface area contributed by atoms with E-state index in [0.717, 1.165) is 15.6 Å². The van der Waals surface area contributed by atoms with Gasteiger partial charge in [0.1, 0.15) is 0 Å². The molecule has 0 aliphatic carbocycles. The first kappa shape index (κ1) is 22.5. The largest absolute Gasteiger partial charge is 0.351 e. The Morgan fingerprint density at radius 3 is 2.17 bits per heavy atom. The Morgan fingerprint density at radius 2 is 1.53 bits per heavy atom. The van der Waals surface area contributed by atoms with Crippen LogP contribution in [-0.2, 0) is 27.9 Å². The maximum Gasteiger partial charge on any atom is 0.243 e. The van der Waals surface area contributed by atoms with Crippen LogP contribution in [0.1, 0.15) is 11.1 Å². The molecule has 0 atom stereocenters. The van der Waals surface area contributed by atoms with Crippen molar-refractivity contribution < 1.29 is 13.2 Å². The van der Waals surface area contributed by atoms with E-state index in [1.54, 1.807) is 24.3 Å². The Kier molecular flexibility index (Phi) is 7.66. The van der Waals surface area contributed by atoms with Gasteiger partial charge in [-0.2, -0.15) is 4.31 Å². The minimum absolute atomic E-state index is 0.0909. The highest BCUT2D eigenvalue weighted by Crippen LogP contribution is 2.20. The molecule has 0 unspecified atom stereocenters. The highest BCUT2D eigenvalue weighted by Gasteiger charge is 2.26. The standard InChI is InChI=1S/C22H20BrClN2O3S/c23-19-8-12-21(13-9-19)30(28,29)26(15-18-4-2-1-3-5-18)16-22(27)25-14-17-6-10-20(24)11-7-17/h1-13H,14-16H2,(H,25,27). The number of amides is 1. The Morgan fingerprint density at radius 1 is 0.900 bits per heavy atom. The maximum atomic E-state index is 13.2. The predicted octanol–water partition coefficient (Wildman–Crippen LogP) is 4.61. The molecule has 3 rings (SSSR count). The Hall–Kier alpha value is -2.19. The first-order chi connectivity index (χ1) is 14.3. The first-order valence-corrected chi connectivity index (χ1v) is 11.8. The minimum atomic E-state index is -3.87. The molecule has 0 aliphatic rings. The number of halogens is 2. The molecule has 1 amide bonds. The molecule has 0 radical (unpaired) electrons. The van der Waals surface area contributed by atoms with Gasteiger partial charge in [0, 0.05) is 22.6 Å². The van der Waals surface area contributed by atoms with E-state index in [1.807, 2.05) is 42.5 Å². The fourth-order valence-electron chi connectivity index (χ4n) is 2.79. The molecule has 1 N–H and O–H groups in total. The Labute approximate surface area is 189 Å². The minimum Gasteiger partial charge on any atom is -0.351 e. The number of rotatable bonds is 8. The van der Waals surface area contributed by atoms with Crippen molar-refractivity contribution in [2.24, 2.45) is 0 Å². The highest BCUT2D eigenvalue weighted by atomic mass is 79.9. The van der Waals surface area contributed by atoms with E-state index in [9.17, 15) is 13.2 Å². The molecule has 0 spiro atoms. The van der Waals surface area contributed by atoms with E-state index >= 15 is 0 Å². The fourth-order valence-corrected chi connectivity index (χ4v) is 4.56. The SMILES string of the molecule is O=C(CN(Cc1ccccc1)S(=O)(=O)c1ccc(Br)cc1)NCc1ccc(Cl)cc1. The molecule has 0 saturated heterocycles. The van der Waals surface area contributed by atoms with Crippen LogP contribution in [0.4, 0.5) is 0 Å². The normalized spacial score (nSPS) is 11.4. The molecule has 0 aromatic heterocycles. The zero-order valence-electron chi connectivity index (χ0n) is 16.0. The van der Waals surface area contributed by atoms with E-state index in [-0.39, 0.29) is 30.4 Å². The van der Waals surface area contributed by atoms with Gasteiger partial charge in [0.15, 0.2) is 0 Å².